The molecule has 0 unspecified atom stereocenters. The van der Waals surface area contributed by atoms with Crippen molar-refractivity contribution in [2.75, 3.05) is 11.9 Å². The summed E-state index contributed by atoms with van der Waals surface area (Å²) >= 11 is 12.3. The molecule has 0 saturated heterocycles. The first-order valence-corrected chi connectivity index (χ1v) is 6.85. The summed E-state index contributed by atoms with van der Waals surface area (Å²) in [6.07, 6.45) is 1.68. The van der Waals surface area contributed by atoms with Crippen molar-refractivity contribution in [3.05, 3.63) is 34.4 Å². The van der Waals surface area contributed by atoms with Crippen molar-refractivity contribution >= 4 is 40.2 Å². The predicted molar refractivity (Wildman–Crippen MR) is 81.3 cm³/mol. The Morgan fingerprint density at radius 3 is 2.90 bits per heavy atom. The van der Waals surface area contributed by atoms with E-state index in [9.17, 15) is 0 Å². The van der Waals surface area contributed by atoms with Crippen molar-refractivity contribution < 1.29 is 0 Å². The van der Waals surface area contributed by atoms with Gasteiger partial charge < -0.3 is 5.32 Å². The summed E-state index contributed by atoms with van der Waals surface area (Å²) in [5, 5.41) is 11.9. The van der Waals surface area contributed by atoms with Crippen LogP contribution in [-0.4, -0.2) is 26.7 Å². The van der Waals surface area contributed by atoms with Gasteiger partial charge in [0.1, 0.15) is 0 Å². The van der Waals surface area contributed by atoms with Crippen LogP contribution in [0.25, 0.3) is 22.3 Å². The van der Waals surface area contributed by atoms with Crippen LogP contribution >= 0.6 is 23.2 Å². The Morgan fingerprint density at radius 2 is 2.10 bits per heavy atom. The predicted octanol–water partition coefficient (Wildman–Crippen LogP) is 3.76. The summed E-state index contributed by atoms with van der Waals surface area (Å²) in [6, 6.07) is 5.28. The maximum absolute atomic E-state index is 6.26. The molecule has 20 heavy (non-hydrogen) atoms. The molecule has 3 rings (SSSR count). The molecule has 2 N–H and O–H groups in total. The minimum absolute atomic E-state index is 0.523. The maximum Gasteiger partial charge on any atom is 0.225 e. The molecule has 2 aromatic heterocycles. The highest BCUT2D eigenvalue weighted by Crippen LogP contribution is 2.33. The zero-order valence-corrected chi connectivity index (χ0v) is 12.1. The lowest BCUT2D eigenvalue weighted by Gasteiger charge is -2.08. The van der Waals surface area contributed by atoms with Crippen molar-refractivity contribution in [3.63, 3.8) is 0 Å². The van der Waals surface area contributed by atoms with E-state index >= 15 is 0 Å². The summed E-state index contributed by atoms with van der Waals surface area (Å²) in [7, 11) is 0. The van der Waals surface area contributed by atoms with Crippen LogP contribution in [0, 0.1) is 0 Å². The minimum Gasteiger partial charge on any atom is -0.354 e. The van der Waals surface area contributed by atoms with Crippen LogP contribution in [0.1, 0.15) is 6.92 Å². The van der Waals surface area contributed by atoms with Crippen LogP contribution in [0.5, 0.6) is 0 Å². The summed E-state index contributed by atoms with van der Waals surface area (Å²) < 4.78 is 0. The average Bonchev–Trinajstić information content (AvgIpc) is 2.89. The zero-order chi connectivity index (χ0) is 14.1. The highest BCUT2D eigenvalue weighted by atomic mass is 35.5. The summed E-state index contributed by atoms with van der Waals surface area (Å²) in [4.78, 5) is 8.86. The lowest BCUT2D eigenvalue weighted by molar-refractivity contribution is 1.07. The largest absolute Gasteiger partial charge is 0.354 e. The molecule has 0 fully saturated rings. The Kier molecular flexibility index (Phi) is 3.46. The van der Waals surface area contributed by atoms with Crippen LogP contribution in [0.15, 0.2) is 24.4 Å². The normalized spacial score (nSPS) is 10.9. The third kappa shape index (κ3) is 2.30. The van der Waals surface area contributed by atoms with Gasteiger partial charge in [-0.05, 0) is 25.1 Å². The summed E-state index contributed by atoms with van der Waals surface area (Å²) in [6.45, 7) is 2.70. The maximum atomic E-state index is 6.26. The van der Waals surface area contributed by atoms with E-state index in [1.807, 2.05) is 6.92 Å². The second-order valence-electron chi connectivity index (χ2n) is 4.18. The third-order valence-corrected chi connectivity index (χ3v) is 3.39. The molecule has 0 aliphatic heterocycles. The zero-order valence-electron chi connectivity index (χ0n) is 10.6. The molecule has 7 heteroatoms. The number of aromatic amines is 1. The Bertz CT molecular complexity index is 769. The highest BCUT2D eigenvalue weighted by Gasteiger charge is 2.14. The highest BCUT2D eigenvalue weighted by molar-refractivity contribution is 6.35. The van der Waals surface area contributed by atoms with Gasteiger partial charge in [0.25, 0.3) is 0 Å². The fourth-order valence-electron chi connectivity index (χ4n) is 1.96. The van der Waals surface area contributed by atoms with E-state index in [4.69, 9.17) is 23.2 Å². The first kappa shape index (κ1) is 13.1. The van der Waals surface area contributed by atoms with Crippen LogP contribution in [0.3, 0.4) is 0 Å². The SMILES string of the molecule is CCNc1nc(-c2cc(Cl)ccc2Cl)c2cn[nH]c2n1. The first-order chi connectivity index (χ1) is 9.69. The molecule has 0 aliphatic rings. The van der Waals surface area contributed by atoms with E-state index < -0.39 is 0 Å². The number of fused-ring (bicyclic) bond motifs is 1. The second-order valence-corrected chi connectivity index (χ2v) is 5.03. The minimum atomic E-state index is 0.523. The Labute approximate surface area is 125 Å². The van der Waals surface area contributed by atoms with Gasteiger partial charge in [-0.3, -0.25) is 5.10 Å². The lowest BCUT2D eigenvalue weighted by atomic mass is 10.1. The van der Waals surface area contributed by atoms with Gasteiger partial charge in [0, 0.05) is 17.1 Å². The molecule has 102 valence electrons. The lowest BCUT2D eigenvalue weighted by Crippen LogP contribution is -2.03. The molecule has 0 bridgehead atoms. The number of nitrogens with zero attached hydrogens (tertiary/aromatic N) is 3. The quantitative estimate of drug-likeness (QED) is 0.773. The summed E-state index contributed by atoms with van der Waals surface area (Å²) in [5.41, 5.74) is 2.11. The van der Waals surface area contributed by atoms with E-state index in [1.165, 1.54) is 0 Å². The Hall–Kier alpha value is -1.85. The molecule has 2 heterocycles. The molecular weight excluding hydrogens is 297 g/mol. The Balaban J connectivity index is 2.28. The standard InChI is InChI=1S/C13H11Cl2N5/c1-2-16-13-18-11(9-6-17-20-12(9)19-13)8-5-7(14)3-4-10(8)15/h3-6H,2H2,1H3,(H2,16,17,18,19,20). The number of benzene rings is 1. The first-order valence-electron chi connectivity index (χ1n) is 6.09. The molecule has 3 aromatic rings. The van der Waals surface area contributed by atoms with E-state index in [0.29, 0.717) is 27.3 Å². The third-order valence-electron chi connectivity index (χ3n) is 2.83. The number of hydrogen-bond donors (Lipinski definition) is 2. The van der Waals surface area contributed by atoms with Crippen molar-refractivity contribution in [2.45, 2.75) is 6.92 Å². The van der Waals surface area contributed by atoms with E-state index in [0.717, 1.165) is 17.5 Å². The summed E-state index contributed by atoms with van der Waals surface area (Å²) in [5.74, 6) is 0.523. The second kappa shape index (κ2) is 5.26. The van der Waals surface area contributed by atoms with Crippen molar-refractivity contribution in [1.82, 2.24) is 20.2 Å². The number of hydrogen-bond acceptors (Lipinski definition) is 4. The van der Waals surface area contributed by atoms with Crippen LogP contribution in [0.2, 0.25) is 10.0 Å². The average molecular weight is 308 g/mol. The fraction of sp³-hybridized carbons (Fsp3) is 0.154. The topological polar surface area (TPSA) is 66.5 Å². The van der Waals surface area contributed by atoms with Gasteiger partial charge in [0.05, 0.1) is 22.3 Å². The van der Waals surface area contributed by atoms with E-state index in [2.05, 4.69) is 25.5 Å². The van der Waals surface area contributed by atoms with Gasteiger partial charge in [-0.1, -0.05) is 23.2 Å². The molecule has 0 atom stereocenters. The number of halogens is 2. The van der Waals surface area contributed by atoms with Gasteiger partial charge in [-0.15, -0.1) is 0 Å². The molecule has 0 saturated carbocycles. The fourth-order valence-corrected chi connectivity index (χ4v) is 2.34. The number of anilines is 1. The monoisotopic (exact) mass is 307 g/mol. The molecule has 0 amide bonds. The van der Waals surface area contributed by atoms with Crippen LogP contribution < -0.4 is 5.32 Å². The molecule has 0 radical (unpaired) electrons. The van der Waals surface area contributed by atoms with E-state index in [-0.39, 0.29) is 0 Å². The molecule has 5 nitrogen and oxygen atoms in total. The van der Waals surface area contributed by atoms with Crippen LogP contribution in [0.4, 0.5) is 5.95 Å². The van der Waals surface area contributed by atoms with Gasteiger partial charge >= 0.3 is 0 Å². The van der Waals surface area contributed by atoms with Gasteiger partial charge in [0.2, 0.25) is 5.95 Å². The number of aromatic nitrogens is 4. The molecule has 0 aliphatic carbocycles. The molecule has 1 aromatic carbocycles. The van der Waals surface area contributed by atoms with Gasteiger partial charge in [-0.2, -0.15) is 10.1 Å². The van der Waals surface area contributed by atoms with E-state index in [1.54, 1.807) is 24.4 Å². The molecular formula is C13H11Cl2N5. The van der Waals surface area contributed by atoms with Crippen molar-refractivity contribution in [1.29, 1.82) is 0 Å². The number of nitrogens with one attached hydrogen (secondary N) is 2. The van der Waals surface area contributed by atoms with Crippen molar-refractivity contribution in [3.8, 4) is 11.3 Å². The van der Waals surface area contributed by atoms with Crippen LogP contribution in [-0.2, 0) is 0 Å². The number of rotatable bonds is 3. The van der Waals surface area contributed by atoms with Crippen molar-refractivity contribution in [2.24, 2.45) is 0 Å². The number of H-pyrrole nitrogens is 1. The van der Waals surface area contributed by atoms with Gasteiger partial charge in [0.15, 0.2) is 5.65 Å². The smallest absolute Gasteiger partial charge is 0.225 e. The Morgan fingerprint density at radius 1 is 1.25 bits per heavy atom. The molecule has 0 spiro atoms. The van der Waals surface area contributed by atoms with Gasteiger partial charge in [-0.25, -0.2) is 4.98 Å².